The highest BCUT2D eigenvalue weighted by Gasteiger charge is 2.02. The quantitative estimate of drug-likeness (QED) is 0.769. The fourth-order valence-corrected chi connectivity index (χ4v) is 1.59. The Morgan fingerprint density at radius 1 is 1.44 bits per heavy atom. The van der Waals surface area contributed by atoms with Crippen LogP contribution in [-0.4, -0.2) is 24.7 Å². The van der Waals surface area contributed by atoms with Crippen LogP contribution in [-0.2, 0) is 6.42 Å². The topological polar surface area (TPSA) is 34.2 Å². The fraction of sp³-hybridized carbons (Fsp3) is 0.615. The zero-order valence-corrected chi connectivity index (χ0v) is 10.5. The van der Waals surface area contributed by atoms with Crippen LogP contribution in [0.3, 0.4) is 0 Å². The number of ether oxygens (including phenoxy) is 1. The first kappa shape index (κ1) is 13.0. The van der Waals surface area contributed by atoms with Crippen LogP contribution < -0.4 is 10.1 Å². The van der Waals surface area contributed by atoms with E-state index in [1.54, 1.807) is 13.3 Å². The molecule has 90 valence electrons. The van der Waals surface area contributed by atoms with Gasteiger partial charge >= 0.3 is 0 Å². The van der Waals surface area contributed by atoms with E-state index < -0.39 is 0 Å². The zero-order chi connectivity index (χ0) is 11.8. The second kappa shape index (κ2) is 7.23. The third kappa shape index (κ3) is 4.62. The molecule has 0 saturated heterocycles. The van der Waals surface area contributed by atoms with E-state index in [0.29, 0.717) is 6.04 Å². The molecular weight excluding hydrogens is 200 g/mol. The molecule has 1 aromatic heterocycles. The minimum atomic E-state index is 0.561. The fourth-order valence-electron chi connectivity index (χ4n) is 1.59. The van der Waals surface area contributed by atoms with Gasteiger partial charge < -0.3 is 10.1 Å². The molecule has 3 heteroatoms. The van der Waals surface area contributed by atoms with E-state index in [2.05, 4.69) is 30.2 Å². The Balaban J connectivity index is 2.35. The highest BCUT2D eigenvalue weighted by atomic mass is 16.5. The van der Waals surface area contributed by atoms with Crippen LogP contribution in [0.1, 0.15) is 32.3 Å². The molecule has 1 aromatic rings. The monoisotopic (exact) mass is 222 g/mol. The molecule has 0 aliphatic carbocycles. The van der Waals surface area contributed by atoms with Crippen molar-refractivity contribution in [3.63, 3.8) is 0 Å². The minimum Gasteiger partial charge on any atom is -0.495 e. The first-order valence-corrected chi connectivity index (χ1v) is 5.97. The molecule has 1 N–H and O–H groups in total. The number of hydrogen-bond acceptors (Lipinski definition) is 3. The Kier molecular flexibility index (Phi) is 5.86. The van der Waals surface area contributed by atoms with E-state index in [9.17, 15) is 0 Å². The highest BCUT2D eigenvalue weighted by molar-refractivity contribution is 5.23. The Hall–Kier alpha value is -1.09. The van der Waals surface area contributed by atoms with Crippen molar-refractivity contribution >= 4 is 0 Å². The number of aryl methyl sites for hydroxylation is 1. The number of hydrogen-bond donors (Lipinski definition) is 1. The van der Waals surface area contributed by atoms with Crippen molar-refractivity contribution < 1.29 is 4.74 Å². The van der Waals surface area contributed by atoms with Crippen LogP contribution in [0.25, 0.3) is 0 Å². The van der Waals surface area contributed by atoms with Crippen molar-refractivity contribution in [3.8, 4) is 5.75 Å². The summed E-state index contributed by atoms with van der Waals surface area (Å²) in [6.07, 6.45) is 7.01. The van der Waals surface area contributed by atoms with E-state index in [1.165, 1.54) is 12.0 Å². The zero-order valence-electron chi connectivity index (χ0n) is 10.5. The Morgan fingerprint density at radius 3 is 2.94 bits per heavy atom. The van der Waals surface area contributed by atoms with Crippen LogP contribution in [0.5, 0.6) is 5.75 Å². The van der Waals surface area contributed by atoms with Crippen molar-refractivity contribution in [2.45, 2.75) is 39.2 Å². The van der Waals surface area contributed by atoms with Crippen molar-refractivity contribution in [2.75, 3.05) is 13.7 Å². The maximum absolute atomic E-state index is 5.15. The number of pyridine rings is 1. The average Bonchev–Trinajstić information content (AvgIpc) is 2.34. The molecule has 1 unspecified atom stereocenters. The molecule has 0 aliphatic heterocycles. The minimum absolute atomic E-state index is 0.561. The van der Waals surface area contributed by atoms with E-state index in [0.717, 1.165) is 25.1 Å². The molecule has 1 atom stereocenters. The maximum Gasteiger partial charge on any atom is 0.137 e. The molecule has 0 spiro atoms. The smallest absolute Gasteiger partial charge is 0.137 e. The standard InChI is InChI=1S/C13H22N2O/c1-4-7-15-11(2)5-6-12-8-13(16-3)10-14-9-12/h8-11,15H,4-7H2,1-3H3. The summed E-state index contributed by atoms with van der Waals surface area (Å²) in [6.45, 7) is 5.51. The van der Waals surface area contributed by atoms with E-state index >= 15 is 0 Å². The van der Waals surface area contributed by atoms with Crippen LogP contribution in [0.4, 0.5) is 0 Å². The highest BCUT2D eigenvalue weighted by Crippen LogP contribution is 2.12. The molecule has 0 fully saturated rings. The van der Waals surface area contributed by atoms with Crippen molar-refractivity contribution in [3.05, 3.63) is 24.0 Å². The number of nitrogens with zero attached hydrogens (tertiary/aromatic N) is 1. The van der Waals surface area contributed by atoms with Gasteiger partial charge in [0.2, 0.25) is 0 Å². The van der Waals surface area contributed by atoms with Gasteiger partial charge in [-0.15, -0.1) is 0 Å². The first-order valence-electron chi connectivity index (χ1n) is 5.97. The van der Waals surface area contributed by atoms with Gasteiger partial charge in [-0.25, -0.2) is 0 Å². The molecule has 0 bridgehead atoms. The lowest BCUT2D eigenvalue weighted by molar-refractivity contribution is 0.412. The normalized spacial score (nSPS) is 12.4. The summed E-state index contributed by atoms with van der Waals surface area (Å²) in [5.41, 5.74) is 1.24. The number of aromatic nitrogens is 1. The lowest BCUT2D eigenvalue weighted by Gasteiger charge is -2.12. The Bertz CT molecular complexity index is 302. The molecular formula is C13H22N2O. The molecule has 0 aromatic carbocycles. The molecule has 0 aliphatic rings. The van der Waals surface area contributed by atoms with Crippen LogP contribution >= 0.6 is 0 Å². The predicted octanol–water partition coefficient (Wildman–Crippen LogP) is 2.41. The van der Waals surface area contributed by atoms with Gasteiger partial charge in [-0.05, 0) is 44.4 Å². The van der Waals surface area contributed by atoms with Gasteiger partial charge in [0.05, 0.1) is 13.3 Å². The Morgan fingerprint density at radius 2 is 2.25 bits per heavy atom. The summed E-state index contributed by atoms with van der Waals surface area (Å²) in [5, 5.41) is 3.48. The first-order chi connectivity index (χ1) is 7.76. The van der Waals surface area contributed by atoms with Gasteiger partial charge in [0.15, 0.2) is 0 Å². The maximum atomic E-state index is 5.15. The summed E-state index contributed by atoms with van der Waals surface area (Å²) in [4.78, 5) is 4.15. The predicted molar refractivity (Wildman–Crippen MR) is 66.9 cm³/mol. The van der Waals surface area contributed by atoms with Crippen molar-refractivity contribution in [1.29, 1.82) is 0 Å². The molecule has 1 rings (SSSR count). The van der Waals surface area contributed by atoms with Gasteiger partial charge in [0, 0.05) is 12.2 Å². The summed E-state index contributed by atoms with van der Waals surface area (Å²) in [7, 11) is 1.67. The van der Waals surface area contributed by atoms with Gasteiger partial charge in [-0.1, -0.05) is 6.92 Å². The van der Waals surface area contributed by atoms with E-state index in [-0.39, 0.29) is 0 Å². The third-order valence-electron chi connectivity index (χ3n) is 2.61. The SMILES string of the molecule is CCCNC(C)CCc1cncc(OC)c1. The second-order valence-corrected chi connectivity index (χ2v) is 4.13. The van der Waals surface area contributed by atoms with Crippen molar-refractivity contribution in [2.24, 2.45) is 0 Å². The summed E-state index contributed by atoms with van der Waals surface area (Å²) in [5.74, 6) is 0.840. The third-order valence-corrected chi connectivity index (χ3v) is 2.61. The largest absolute Gasteiger partial charge is 0.495 e. The lowest BCUT2D eigenvalue weighted by Crippen LogP contribution is -2.27. The average molecular weight is 222 g/mol. The van der Waals surface area contributed by atoms with E-state index in [1.807, 2.05) is 6.20 Å². The van der Waals surface area contributed by atoms with Gasteiger partial charge in [-0.3, -0.25) is 4.98 Å². The lowest BCUT2D eigenvalue weighted by atomic mass is 10.1. The van der Waals surface area contributed by atoms with Crippen LogP contribution in [0.15, 0.2) is 18.5 Å². The number of nitrogens with one attached hydrogen (secondary N) is 1. The molecule has 3 nitrogen and oxygen atoms in total. The molecule has 1 heterocycles. The Labute approximate surface area is 98.2 Å². The van der Waals surface area contributed by atoms with Crippen LogP contribution in [0.2, 0.25) is 0 Å². The van der Waals surface area contributed by atoms with Crippen molar-refractivity contribution in [1.82, 2.24) is 10.3 Å². The van der Waals surface area contributed by atoms with Crippen LogP contribution in [0, 0.1) is 0 Å². The summed E-state index contributed by atoms with van der Waals surface area (Å²) < 4.78 is 5.15. The number of rotatable bonds is 7. The van der Waals surface area contributed by atoms with Gasteiger partial charge in [-0.2, -0.15) is 0 Å². The summed E-state index contributed by atoms with van der Waals surface area (Å²) in [6, 6.07) is 2.62. The molecule has 0 amide bonds. The molecule has 0 radical (unpaired) electrons. The van der Waals surface area contributed by atoms with Gasteiger partial charge in [0.25, 0.3) is 0 Å². The number of methoxy groups -OCH3 is 1. The van der Waals surface area contributed by atoms with Gasteiger partial charge in [0.1, 0.15) is 5.75 Å². The van der Waals surface area contributed by atoms with E-state index in [4.69, 9.17) is 4.74 Å². The second-order valence-electron chi connectivity index (χ2n) is 4.13. The molecule has 16 heavy (non-hydrogen) atoms. The molecule has 0 saturated carbocycles. The summed E-state index contributed by atoms with van der Waals surface area (Å²) >= 11 is 0.